The van der Waals surface area contributed by atoms with E-state index in [9.17, 15) is 8.78 Å². The molecule has 0 fully saturated rings. The zero-order valence-corrected chi connectivity index (χ0v) is 8.48. The quantitative estimate of drug-likeness (QED) is 0.877. The smallest absolute Gasteiger partial charge is 0.266 e. The van der Waals surface area contributed by atoms with Crippen molar-refractivity contribution in [3.63, 3.8) is 0 Å². The molecule has 2 nitrogen and oxygen atoms in total. The normalized spacial score (nSPS) is 10.9. The molecule has 0 aromatic carbocycles. The molecule has 1 N–H and O–H groups in total. The van der Waals surface area contributed by atoms with Crippen molar-refractivity contribution in [1.29, 1.82) is 0 Å². The third-order valence-corrected chi connectivity index (χ3v) is 2.73. The molecule has 0 spiro atoms. The van der Waals surface area contributed by atoms with Gasteiger partial charge in [0, 0.05) is 10.7 Å². The highest BCUT2D eigenvalue weighted by Crippen LogP contribution is 2.31. The molecule has 0 saturated heterocycles. The van der Waals surface area contributed by atoms with E-state index in [4.69, 9.17) is 5.11 Å². The third-order valence-electron chi connectivity index (χ3n) is 1.68. The number of hydrogen-bond acceptors (Lipinski definition) is 2. The second-order valence-corrected chi connectivity index (χ2v) is 3.37. The van der Waals surface area contributed by atoms with Gasteiger partial charge >= 0.3 is 0 Å². The number of nitrogens with zero attached hydrogens (tertiary/aromatic N) is 1. The topological polar surface area (TPSA) is 33.1 Å². The van der Waals surface area contributed by atoms with Crippen LogP contribution in [0.4, 0.5) is 8.78 Å². The van der Waals surface area contributed by atoms with Crippen molar-refractivity contribution < 1.29 is 13.9 Å². The van der Waals surface area contributed by atoms with Crippen LogP contribution in [0, 0.1) is 6.92 Å². The summed E-state index contributed by atoms with van der Waals surface area (Å²) in [7, 11) is 0. The number of aryl methyl sites for hydroxylation is 1. The molecule has 0 amide bonds. The molecule has 72 valence electrons. The molecule has 0 aliphatic rings. The van der Waals surface area contributed by atoms with Crippen LogP contribution in [0.3, 0.4) is 0 Å². The van der Waals surface area contributed by atoms with Crippen LogP contribution in [0.5, 0.6) is 0 Å². The summed E-state index contributed by atoms with van der Waals surface area (Å²) in [5.74, 6) is 0. The van der Waals surface area contributed by atoms with Crippen molar-refractivity contribution in [1.82, 2.24) is 4.98 Å². The summed E-state index contributed by atoms with van der Waals surface area (Å²) in [6, 6.07) is 0. The fourth-order valence-electron chi connectivity index (χ4n) is 0.988. The highest BCUT2D eigenvalue weighted by Gasteiger charge is 2.18. The Morgan fingerprint density at radius 3 is 2.69 bits per heavy atom. The lowest BCUT2D eigenvalue weighted by Gasteiger charge is -2.09. The van der Waals surface area contributed by atoms with Crippen LogP contribution in [0.1, 0.15) is 23.2 Å². The van der Waals surface area contributed by atoms with Gasteiger partial charge in [-0.3, -0.25) is 4.98 Å². The number of aromatic nitrogens is 1. The van der Waals surface area contributed by atoms with Gasteiger partial charge in [0.2, 0.25) is 0 Å². The lowest BCUT2D eigenvalue weighted by atomic mass is 10.1. The minimum atomic E-state index is -2.62. The molecule has 1 aromatic heterocycles. The van der Waals surface area contributed by atoms with E-state index in [1.807, 2.05) is 0 Å². The maximum absolute atomic E-state index is 12.5. The lowest BCUT2D eigenvalue weighted by Crippen LogP contribution is -2.01. The van der Waals surface area contributed by atoms with Gasteiger partial charge < -0.3 is 5.11 Å². The van der Waals surface area contributed by atoms with Crippen molar-refractivity contribution in [2.45, 2.75) is 20.0 Å². The summed E-state index contributed by atoms with van der Waals surface area (Å²) < 4.78 is 25.3. The molecule has 1 rings (SSSR count). The van der Waals surface area contributed by atoms with Gasteiger partial charge in [0.25, 0.3) is 6.43 Å². The molecule has 0 unspecified atom stereocenters. The molecule has 1 aromatic rings. The summed E-state index contributed by atoms with van der Waals surface area (Å²) in [5.41, 5.74) is 0.433. The fraction of sp³-hybridized carbons (Fsp3) is 0.375. The molecule has 0 aliphatic carbocycles. The van der Waals surface area contributed by atoms with Crippen LogP contribution >= 0.6 is 15.9 Å². The van der Waals surface area contributed by atoms with E-state index < -0.39 is 13.0 Å². The van der Waals surface area contributed by atoms with Crippen LogP contribution in [0.2, 0.25) is 0 Å². The van der Waals surface area contributed by atoms with Gasteiger partial charge in [0.05, 0.1) is 17.9 Å². The van der Waals surface area contributed by atoms with Crippen LogP contribution in [0.15, 0.2) is 10.7 Å². The summed E-state index contributed by atoms with van der Waals surface area (Å²) in [4.78, 5) is 3.72. The summed E-state index contributed by atoms with van der Waals surface area (Å²) in [6.45, 7) is 1.20. The minimum Gasteiger partial charge on any atom is -0.390 e. The highest BCUT2D eigenvalue weighted by atomic mass is 79.9. The van der Waals surface area contributed by atoms with E-state index >= 15 is 0 Å². The molecular weight excluding hydrogens is 244 g/mol. The van der Waals surface area contributed by atoms with E-state index in [1.54, 1.807) is 6.92 Å². The zero-order chi connectivity index (χ0) is 10.0. The number of pyridine rings is 1. The van der Waals surface area contributed by atoms with Crippen molar-refractivity contribution in [2.75, 3.05) is 0 Å². The van der Waals surface area contributed by atoms with Gasteiger partial charge in [-0.2, -0.15) is 0 Å². The lowest BCUT2D eigenvalue weighted by molar-refractivity contribution is 0.145. The summed E-state index contributed by atoms with van der Waals surface area (Å²) in [5, 5.41) is 8.77. The maximum Gasteiger partial charge on any atom is 0.266 e. The first-order valence-electron chi connectivity index (χ1n) is 3.60. The predicted molar refractivity (Wildman–Crippen MR) is 47.6 cm³/mol. The number of rotatable bonds is 2. The SMILES string of the molecule is Cc1cnc(CO)c(C(F)F)c1Br. The Kier molecular flexibility index (Phi) is 3.33. The van der Waals surface area contributed by atoms with Crippen LogP contribution < -0.4 is 0 Å². The van der Waals surface area contributed by atoms with Crippen molar-refractivity contribution in [3.05, 3.63) is 27.5 Å². The maximum atomic E-state index is 12.5. The molecule has 0 saturated carbocycles. The van der Waals surface area contributed by atoms with Crippen LogP contribution in [-0.2, 0) is 6.61 Å². The number of alkyl halides is 2. The number of hydrogen-bond donors (Lipinski definition) is 1. The Bertz CT molecular complexity index is 317. The second kappa shape index (κ2) is 4.11. The van der Waals surface area contributed by atoms with Gasteiger partial charge in [-0.1, -0.05) is 0 Å². The Labute approximate surface area is 82.7 Å². The fourth-order valence-corrected chi connectivity index (χ4v) is 1.49. The molecule has 0 aliphatic heterocycles. The summed E-state index contributed by atoms with van der Waals surface area (Å²) in [6.07, 6.45) is -1.18. The first kappa shape index (κ1) is 10.5. The highest BCUT2D eigenvalue weighted by molar-refractivity contribution is 9.10. The molecule has 0 bridgehead atoms. The molecule has 5 heteroatoms. The molecule has 1 heterocycles. The Morgan fingerprint density at radius 1 is 1.62 bits per heavy atom. The Hall–Kier alpha value is -0.550. The largest absolute Gasteiger partial charge is 0.390 e. The molecule has 0 radical (unpaired) electrons. The Balaban J connectivity index is 3.32. The van der Waals surface area contributed by atoms with E-state index in [0.29, 0.717) is 10.0 Å². The standard InChI is InChI=1S/C8H8BrF2NO/c1-4-2-12-5(3-13)6(7(4)9)8(10)11/h2,8,13H,3H2,1H3. The zero-order valence-electron chi connectivity index (χ0n) is 6.89. The third kappa shape index (κ3) is 2.03. The van der Waals surface area contributed by atoms with E-state index in [-0.39, 0.29) is 11.3 Å². The van der Waals surface area contributed by atoms with E-state index in [0.717, 1.165) is 0 Å². The monoisotopic (exact) mass is 251 g/mol. The summed E-state index contributed by atoms with van der Waals surface area (Å²) >= 11 is 3.04. The molecular formula is C8H8BrF2NO. The number of aliphatic hydroxyl groups excluding tert-OH is 1. The molecule has 13 heavy (non-hydrogen) atoms. The Morgan fingerprint density at radius 2 is 2.23 bits per heavy atom. The van der Waals surface area contributed by atoms with Gasteiger partial charge in [-0.15, -0.1) is 0 Å². The van der Waals surface area contributed by atoms with E-state index in [1.165, 1.54) is 6.20 Å². The average molecular weight is 252 g/mol. The van der Waals surface area contributed by atoms with Gasteiger partial charge in [0.15, 0.2) is 0 Å². The van der Waals surface area contributed by atoms with Gasteiger partial charge in [-0.05, 0) is 28.4 Å². The number of aliphatic hydroxyl groups is 1. The molecule has 0 atom stereocenters. The van der Waals surface area contributed by atoms with Crippen molar-refractivity contribution in [2.24, 2.45) is 0 Å². The van der Waals surface area contributed by atoms with Gasteiger partial charge in [0.1, 0.15) is 0 Å². The first-order chi connectivity index (χ1) is 6.07. The van der Waals surface area contributed by atoms with Crippen molar-refractivity contribution >= 4 is 15.9 Å². The van der Waals surface area contributed by atoms with Crippen LogP contribution in [0.25, 0.3) is 0 Å². The number of halogens is 3. The van der Waals surface area contributed by atoms with Crippen molar-refractivity contribution in [3.8, 4) is 0 Å². The second-order valence-electron chi connectivity index (χ2n) is 2.57. The van der Waals surface area contributed by atoms with Crippen LogP contribution in [-0.4, -0.2) is 10.1 Å². The van der Waals surface area contributed by atoms with Gasteiger partial charge in [-0.25, -0.2) is 8.78 Å². The predicted octanol–water partition coefficient (Wildman–Crippen LogP) is 2.58. The first-order valence-corrected chi connectivity index (χ1v) is 4.40. The average Bonchev–Trinajstić information content (AvgIpc) is 2.08. The minimum absolute atomic E-state index is 0.0208. The van der Waals surface area contributed by atoms with E-state index in [2.05, 4.69) is 20.9 Å².